The van der Waals surface area contributed by atoms with Crippen molar-refractivity contribution in [1.82, 2.24) is 4.57 Å². The van der Waals surface area contributed by atoms with Gasteiger partial charge in [-0.1, -0.05) is 53.4 Å². The molecule has 0 unspecified atom stereocenters. The molecule has 1 N–H and O–H groups in total. The van der Waals surface area contributed by atoms with Crippen molar-refractivity contribution in [2.45, 2.75) is 43.5 Å². The van der Waals surface area contributed by atoms with Gasteiger partial charge >= 0.3 is 4.87 Å². The topological polar surface area (TPSA) is 101 Å². The van der Waals surface area contributed by atoms with E-state index in [0.29, 0.717) is 27.0 Å². The Hall–Kier alpha value is -4.35. The molecule has 3 heterocycles. The normalized spacial score (nSPS) is 18.8. The van der Waals surface area contributed by atoms with Crippen molar-refractivity contribution < 1.29 is 19.1 Å². The lowest BCUT2D eigenvalue weighted by atomic mass is 9.83. The molecule has 3 atom stereocenters. The first-order valence-corrected chi connectivity index (χ1v) is 16.6. The van der Waals surface area contributed by atoms with Crippen LogP contribution in [-0.4, -0.2) is 47.7 Å². The SMILES string of the molecule is CCN(CC)c1ccc([C@@H]2c3sc(=O)n(CC(=O)Nc4ccccc4C)c3S[C@H]3C(=O)N(c4ccc(OC)cc4)C(=O)[C@@H]23)cc1. The molecule has 0 spiro atoms. The molecule has 4 aromatic rings. The van der Waals surface area contributed by atoms with E-state index >= 15 is 0 Å². The van der Waals surface area contributed by atoms with E-state index in [2.05, 4.69) is 24.1 Å². The van der Waals surface area contributed by atoms with Crippen molar-refractivity contribution in [3.8, 4) is 5.75 Å². The number of aromatic nitrogens is 1. The molecule has 9 nitrogen and oxygen atoms in total. The van der Waals surface area contributed by atoms with Gasteiger partial charge in [0, 0.05) is 35.3 Å². The maximum absolute atomic E-state index is 14.2. The zero-order valence-corrected chi connectivity index (χ0v) is 27.1. The lowest BCUT2D eigenvalue weighted by Gasteiger charge is -2.31. The third-order valence-corrected chi connectivity index (χ3v) is 11.1. The zero-order valence-electron chi connectivity index (χ0n) is 25.5. The number of thioether (sulfide) groups is 1. The molecule has 0 aliphatic carbocycles. The molecule has 2 aliphatic rings. The summed E-state index contributed by atoms with van der Waals surface area (Å²) in [6, 6.07) is 22.3. The molecule has 232 valence electrons. The lowest BCUT2D eigenvalue weighted by molar-refractivity contribution is -0.122. The summed E-state index contributed by atoms with van der Waals surface area (Å²) in [5.74, 6) is -1.63. The number of rotatable bonds is 9. The molecule has 0 saturated carbocycles. The highest BCUT2D eigenvalue weighted by atomic mass is 32.2. The highest BCUT2D eigenvalue weighted by Gasteiger charge is 2.56. The highest BCUT2D eigenvalue weighted by molar-refractivity contribution is 8.00. The van der Waals surface area contributed by atoms with Crippen LogP contribution in [0.15, 0.2) is 82.6 Å². The van der Waals surface area contributed by atoms with Crippen molar-refractivity contribution in [2.24, 2.45) is 5.92 Å². The minimum absolute atomic E-state index is 0.207. The van der Waals surface area contributed by atoms with Crippen LogP contribution in [0.25, 0.3) is 0 Å². The maximum atomic E-state index is 14.2. The van der Waals surface area contributed by atoms with Gasteiger partial charge in [0.25, 0.3) is 0 Å². The van der Waals surface area contributed by atoms with E-state index < -0.39 is 17.1 Å². The Balaban J connectivity index is 1.41. The number of anilines is 3. The Morgan fingerprint density at radius 2 is 1.62 bits per heavy atom. The summed E-state index contributed by atoms with van der Waals surface area (Å²) >= 11 is 2.25. The number of carbonyl (C=O) groups is 3. The summed E-state index contributed by atoms with van der Waals surface area (Å²) in [6.07, 6.45) is 0. The summed E-state index contributed by atoms with van der Waals surface area (Å²) in [7, 11) is 1.56. The van der Waals surface area contributed by atoms with E-state index in [1.54, 1.807) is 31.4 Å². The number of aryl methyl sites for hydroxylation is 1. The number of fused-ring (bicyclic) bond motifs is 2. The van der Waals surface area contributed by atoms with E-state index in [1.165, 1.54) is 21.2 Å². The molecule has 1 aromatic heterocycles. The number of carbonyl (C=O) groups excluding carboxylic acids is 3. The van der Waals surface area contributed by atoms with Gasteiger partial charge in [0.2, 0.25) is 17.7 Å². The first-order chi connectivity index (χ1) is 21.7. The van der Waals surface area contributed by atoms with Crippen molar-refractivity contribution in [3.05, 3.63) is 98.5 Å². The summed E-state index contributed by atoms with van der Waals surface area (Å²) in [5.41, 5.74) is 3.95. The largest absolute Gasteiger partial charge is 0.497 e. The number of para-hydroxylation sites is 1. The van der Waals surface area contributed by atoms with E-state index in [0.717, 1.165) is 41.2 Å². The second kappa shape index (κ2) is 12.6. The minimum Gasteiger partial charge on any atom is -0.497 e. The second-order valence-electron chi connectivity index (χ2n) is 11.0. The first kappa shape index (κ1) is 30.7. The van der Waals surface area contributed by atoms with E-state index in [-0.39, 0.29) is 29.1 Å². The smallest absolute Gasteiger partial charge is 0.308 e. The van der Waals surface area contributed by atoms with E-state index in [9.17, 15) is 19.2 Å². The van der Waals surface area contributed by atoms with Gasteiger partial charge in [-0.2, -0.15) is 0 Å². The molecule has 0 radical (unpaired) electrons. The van der Waals surface area contributed by atoms with Crippen molar-refractivity contribution in [2.75, 3.05) is 35.3 Å². The average Bonchev–Trinajstić information content (AvgIpc) is 3.49. The average molecular weight is 643 g/mol. The Morgan fingerprint density at radius 1 is 0.933 bits per heavy atom. The standard InChI is InChI=1S/C34H34N4O5S2/c1-5-36(6-2)22-13-11-21(12-14-22)27-28-29(32(41)38(31(28)40)23-15-17-24(43-4)18-16-23)44-33-30(27)45-34(42)37(33)19-26(39)35-25-10-8-7-9-20(25)3/h7-18,27-29H,5-6,19H2,1-4H3,(H,35,39)/t27-,28-,29+/m0/s1. The van der Waals surface area contributed by atoms with Gasteiger partial charge in [0.1, 0.15) is 17.5 Å². The fourth-order valence-electron chi connectivity index (χ4n) is 6.13. The van der Waals surface area contributed by atoms with Crippen LogP contribution in [0, 0.1) is 12.8 Å². The van der Waals surface area contributed by atoms with Crippen LogP contribution in [0.1, 0.15) is 35.8 Å². The third kappa shape index (κ3) is 5.55. The maximum Gasteiger partial charge on any atom is 0.308 e. The number of thiazole rings is 1. The molecule has 1 fully saturated rings. The number of ether oxygens (including phenoxy) is 1. The molecule has 11 heteroatoms. The van der Waals surface area contributed by atoms with Crippen molar-refractivity contribution >= 4 is 57.9 Å². The Labute approximate surface area is 269 Å². The Kier molecular flexibility index (Phi) is 8.56. The second-order valence-corrected chi connectivity index (χ2v) is 13.1. The summed E-state index contributed by atoms with van der Waals surface area (Å²) in [5, 5.41) is 2.70. The number of methoxy groups -OCH3 is 1. The van der Waals surface area contributed by atoms with Crippen LogP contribution >= 0.6 is 23.1 Å². The predicted octanol–water partition coefficient (Wildman–Crippen LogP) is 5.51. The molecular formula is C34H34N4O5S2. The molecule has 1 saturated heterocycles. The summed E-state index contributed by atoms with van der Waals surface area (Å²) in [4.78, 5) is 58.7. The van der Waals surface area contributed by atoms with Gasteiger partial charge in [-0.3, -0.25) is 23.7 Å². The van der Waals surface area contributed by atoms with Gasteiger partial charge in [0.05, 0.1) is 23.7 Å². The molecule has 2 aliphatic heterocycles. The number of imide groups is 1. The zero-order chi connectivity index (χ0) is 31.8. The summed E-state index contributed by atoms with van der Waals surface area (Å²) in [6.45, 7) is 7.59. The van der Waals surface area contributed by atoms with Gasteiger partial charge < -0.3 is 15.0 Å². The minimum atomic E-state index is -0.765. The van der Waals surface area contributed by atoms with Crippen LogP contribution < -0.4 is 24.7 Å². The molecular weight excluding hydrogens is 609 g/mol. The number of nitrogens with zero attached hydrogens (tertiary/aromatic N) is 3. The molecule has 6 rings (SSSR count). The van der Waals surface area contributed by atoms with E-state index in [1.807, 2.05) is 55.5 Å². The highest BCUT2D eigenvalue weighted by Crippen LogP contribution is 2.54. The van der Waals surface area contributed by atoms with Crippen molar-refractivity contribution in [1.29, 1.82) is 0 Å². The number of nitrogens with one attached hydrogen (secondary N) is 1. The van der Waals surface area contributed by atoms with Crippen LogP contribution in [0.5, 0.6) is 5.75 Å². The number of amides is 3. The summed E-state index contributed by atoms with van der Waals surface area (Å²) < 4.78 is 6.71. The number of benzene rings is 3. The number of hydrogen-bond acceptors (Lipinski definition) is 8. The fraction of sp³-hybridized carbons (Fsp3) is 0.294. The molecule has 45 heavy (non-hydrogen) atoms. The molecule has 3 amide bonds. The quantitative estimate of drug-likeness (QED) is 0.241. The predicted molar refractivity (Wildman–Crippen MR) is 179 cm³/mol. The van der Waals surface area contributed by atoms with Crippen molar-refractivity contribution in [3.63, 3.8) is 0 Å². The van der Waals surface area contributed by atoms with Gasteiger partial charge in [-0.25, -0.2) is 4.90 Å². The van der Waals surface area contributed by atoms with Gasteiger partial charge in [0.15, 0.2) is 0 Å². The fourth-order valence-corrected chi connectivity index (χ4v) is 8.90. The Morgan fingerprint density at radius 3 is 2.27 bits per heavy atom. The monoisotopic (exact) mass is 642 g/mol. The van der Waals surface area contributed by atoms with Crippen LogP contribution in [-0.2, 0) is 20.9 Å². The van der Waals surface area contributed by atoms with Crippen LogP contribution in [0.2, 0.25) is 0 Å². The lowest BCUT2D eigenvalue weighted by Crippen LogP contribution is -2.33. The van der Waals surface area contributed by atoms with E-state index in [4.69, 9.17) is 4.74 Å². The molecule has 3 aromatic carbocycles. The third-order valence-electron chi connectivity index (χ3n) is 8.48. The van der Waals surface area contributed by atoms with Gasteiger partial charge in [-0.05, 0) is 74.4 Å². The Bertz CT molecular complexity index is 1810. The molecule has 0 bridgehead atoms. The van der Waals surface area contributed by atoms with Crippen LogP contribution in [0.4, 0.5) is 17.1 Å². The first-order valence-electron chi connectivity index (χ1n) is 14.9. The van der Waals surface area contributed by atoms with Crippen LogP contribution in [0.3, 0.4) is 0 Å². The number of hydrogen-bond donors (Lipinski definition) is 1. The van der Waals surface area contributed by atoms with Gasteiger partial charge in [-0.15, -0.1) is 0 Å².